The second kappa shape index (κ2) is 16.7. The van der Waals surface area contributed by atoms with Crippen LogP contribution in [-0.2, 0) is 14.3 Å². The van der Waals surface area contributed by atoms with Crippen LogP contribution in [0.5, 0.6) is 5.75 Å². The Morgan fingerprint density at radius 1 is 0.733 bits per heavy atom. The lowest BCUT2D eigenvalue weighted by atomic mass is 10.1. The Labute approximate surface area is 183 Å². The van der Waals surface area contributed by atoms with Crippen molar-refractivity contribution in [2.24, 2.45) is 0 Å². The lowest BCUT2D eigenvalue weighted by molar-refractivity contribution is -0.138. The minimum Gasteiger partial charge on any atom is -0.463 e. The molecule has 0 unspecified atom stereocenters. The highest BCUT2D eigenvalue weighted by molar-refractivity contribution is 5.92. The van der Waals surface area contributed by atoms with E-state index < -0.39 is 11.9 Å². The van der Waals surface area contributed by atoms with Crippen molar-refractivity contribution in [3.63, 3.8) is 0 Å². The van der Waals surface area contributed by atoms with Crippen molar-refractivity contribution in [3.8, 4) is 5.75 Å². The first-order chi connectivity index (χ1) is 14.5. The maximum atomic E-state index is 11.8. The van der Waals surface area contributed by atoms with E-state index in [9.17, 15) is 9.59 Å². The van der Waals surface area contributed by atoms with Crippen LogP contribution < -0.4 is 4.74 Å². The SMILES string of the molecule is CCCCCCCCCCCCCCOC(=O)/C=C/C(=O)Oc1ccc(C)c(C)c1. The molecule has 0 aromatic heterocycles. The summed E-state index contributed by atoms with van der Waals surface area (Å²) in [6, 6.07) is 5.43. The molecule has 0 N–H and O–H groups in total. The molecule has 0 spiro atoms. The molecule has 1 aromatic rings. The third-order valence-electron chi connectivity index (χ3n) is 5.29. The van der Waals surface area contributed by atoms with Gasteiger partial charge in [0.1, 0.15) is 5.75 Å². The Hall–Kier alpha value is -2.10. The van der Waals surface area contributed by atoms with Gasteiger partial charge in [-0.3, -0.25) is 0 Å². The van der Waals surface area contributed by atoms with Crippen LogP contribution in [0.3, 0.4) is 0 Å². The van der Waals surface area contributed by atoms with Gasteiger partial charge in [0.05, 0.1) is 6.61 Å². The molecule has 0 bridgehead atoms. The summed E-state index contributed by atoms with van der Waals surface area (Å²) in [6.07, 6.45) is 17.5. The van der Waals surface area contributed by atoms with Crippen molar-refractivity contribution in [1.29, 1.82) is 0 Å². The van der Waals surface area contributed by atoms with E-state index in [1.54, 1.807) is 12.1 Å². The second-order valence-electron chi connectivity index (χ2n) is 8.06. The maximum absolute atomic E-state index is 11.8. The predicted octanol–water partition coefficient (Wildman–Crippen LogP) is 7.01. The van der Waals surface area contributed by atoms with Crippen molar-refractivity contribution < 1.29 is 19.1 Å². The first-order valence-electron chi connectivity index (χ1n) is 11.7. The average Bonchev–Trinajstić information content (AvgIpc) is 2.72. The summed E-state index contributed by atoms with van der Waals surface area (Å²) in [5.41, 5.74) is 2.18. The zero-order valence-electron chi connectivity index (χ0n) is 19.2. The molecule has 0 saturated carbocycles. The van der Waals surface area contributed by atoms with Crippen LogP contribution in [0.4, 0.5) is 0 Å². The standard InChI is InChI=1S/C26H40O4/c1-4-5-6-7-8-9-10-11-12-13-14-15-20-29-25(27)18-19-26(28)30-24-17-16-22(2)23(3)21-24/h16-19,21H,4-15,20H2,1-3H3/b19-18+. The van der Waals surface area contributed by atoms with E-state index in [0.717, 1.165) is 36.1 Å². The lowest BCUT2D eigenvalue weighted by Crippen LogP contribution is -2.07. The molecule has 0 fully saturated rings. The topological polar surface area (TPSA) is 52.6 Å². The lowest BCUT2D eigenvalue weighted by Gasteiger charge is -2.05. The van der Waals surface area contributed by atoms with Crippen molar-refractivity contribution in [2.75, 3.05) is 6.61 Å². The van der Waals surface area contributed by atoms with Crippen LogP contribution in [0.1, 0.15) is 95.1 Å². The van der Waals surface area contributed by atoms with Crippen LogP contribution in [0.15, 0.2) is 30.4 Å². The molecule has 0 aliphatic heterocycles. The average molecular weight is 417 g/mol. The zero-order chi connectivity index (χ0) is 22.0. The summed E-state index contributed by atoms with van der Waals surface area (Å²) < 4.78 is 10.3. The number of benzene rings is 1. The van der Waals surface area contributed by atoms with Gasteiger partial charge < -0.3 is 9.47 Å². The van der Waals surface area contributed by atoms with Crippen molar-refractivity contribution in [1.82, 2.24) is 0 Å². The highest BCUT2D eigenvalue weighted by Gasteiger charge is 2.04. The Bertz CT molecular complexity index is 648. The van der Waals surface area contributed by atoms with Crippen LogP contribution in [0.25, 0.3) is 0 Å². The molecule has 0 atom stereocenters. The normalized spacial score (nSPS) is 11.0. The van der Waals surface area contributed by atoms with Gasteiger partial charge in [-0.05, 0) is 43.5 Å². The molecule has 0 aliphatic rings. The molecular weight excluding hydrogens is 376 g/mol. The third kappa shape index (κ3) is 13.2. The molecule has 0 saturated heterocycles. The molecule has 0 aliphatic carbocycles. The quantitative estimate of drug-likeness (QED) is 0.126. The summed E-state index contributed by atoms with van der Waals surface area (Å²) in [5, 5.41) is 0. The number of rotatable bonds is 16. The van der Waals surface area contributed by atoms with E-state index in [1.807, 2.05) is 19.9 Å². The molecular formula is C26H40O4. The highest BCUT2D eigenvalue weighted by atomic mass is 16.5. The summed E-state index contributed by atoms with van der Waals surface area (Å²) in [7, 11) is 0. The first-order valence-corrected chi connectivity index (χ1v) is 11.7. The smallest absolute Gasteiger partial charge is 0.336 e. The van der Waals surface area contributed by atoms with Gasteiger partial charge in [0.25, 0.3) is 0 Å². The Kier molecular flexibility index (Phi) is 14.4. The number of unbranched alkanes of at least 4 members (excludes halogenated alkanes) is 11. The van der Waals surface area contributed by atoms with Crippen molar-refractivity contribution in [3.05, 3.63) is 41.5 Å². The van der Waals surface area contributed by atoms with Crippen LogP contribution in [-0.4, -0.2) is 18.5 Å². The Balaban J connectivity index is 2.00. The Morgan fingerprint density at radius 3 is 1.83 bits per heavy atom. The van der Waals surface area contributed by atoms with Gasteiger partial charge in [-0.25, -0.2) is 9.59 Å². The van der Waals surface area contributed by atoms with E-state index in [4.69, 9.17) is 9.47 Å². The number of hydrogen-bond acceptors (Lipinski definition) is 4. The van der Waals surface area contributed by atoms with E-state index in [-0.39, 0.29) is 0 Å². The molecule has 1 rings (SSSR count). The molecule has 4 heteroatoms. The van der Waals surface area contributed by atoms with E-state index in [0.29, 0.717) is 12.4 Å². The van der Waals surface area contributed by atoms with Crippen LogP contribution in [0.2, 0.25) is 0 Å². The maximum Gasteiger partial charge on any atom is 0.336 e. The molecule has 0 radical (unpaired) electrons. The minimum absolute atomic E-state index is 0.396. The predicted molar refractivity (Wildman–Crippen MR) is 123 cm³/mol. The zero-order valence-corrected chi connectivity index (χ0v) is 19.2. The minimum atomic E-state index is -0.583. The number of carbonyl (C=O) groups is 2. The molecule has 4 nitrogen and oxygen atoms in total. The highest BCUT2D eigenvalue weighted by Crippen LogP contribution is 2.16. The summed E-state index contributed by atoms with van der Waals surface area (Å²) in [5.74, 6) is -0.617. The van der Waals surface area contributed by atoms with Gasteiger partial charge in [-0.2, -0.15) is 0 Å². The summed E-state index contributed by atoms with van der Waals surface area (Å²) in [6.45, 7) is 6.59. The molecule has 0 heterocycles. The van der Waals surface area contributed by atoms with Gasteiger partial charge in [0.15, 0.2) is 0 Å². The molecule has 1 aromatic carbocycles. The number of hydrogen-bond donors (Lipinski definition) is 0. The van der Waals surface area contributed by atoms with E-state index >= 15 is 0 Å². The molecule has 168 valence electrons. The van der Waals surface area contributed by atoms with E-state index in [1.165, 1.54) is 64.2 Å². The van der Waals surface area contributed by atoms with Crippen molar-refractivity contribution in [2.45, 2.75) is 97.8 Å². The molecule has 0 amide bonds. The van der Waals surface area contributed by atoms with Crippen molar-refractivity contribution >= 4 is 11.9 Å². The van der Waals surface area contributed by atoms with E-state index in [2.05, 4.69) is 6.92 Å². The second-order valence-corrected chi connectivity index (χ2v) is 8.06. The van der Waals surface area contributed by atoms with Gasteiger partial charge in [0.2, 0.25) is 0 Å². The number of carbonyl (C=O) groups excluding carboxylic acids is 2. The largest absolute Gasteiger partial charge is 0.463 e. The number of aryl methyl sites for hydroxylation is 2. The van der Waals surface area contributed by atoms with Crippen LogP contribution >= 0.6 is 0 Å². The van der Waals surface area contributed by atoms with Gasteiger partial charge in [-0.15, -0.1) is 0 Å². The summed E-state index contributed by atoms with van der Waals surface area (Å²) in [4.78, 5) is 23.5. The fourth-order valence-electron chi connectivity index (χ4n) is 3.23. The summed E-state index contributed by atoms with van der Waals surface area (Å²) >= 11 is 0. The van der Waals surface area contributed by atoms with Gasteiger partial charge in [-0.1, -0.05) is 83.6 Å². The molecule has 30 heavy (non-hydrogen) atoms. The van der Waals surface area contributed by atoms with Crippen LogP contribution in [0, 0.1) is 13.8 Å². The monoisotopic (exact) mass is 416 g/mol. The third-order valence-corrected chi connectivity index (χ3v) is 5.29. The number of ether oxygens (including phenoxy) is 2. The Morgan fingerprint density at radius 2 is 1.27 bits per heavy atom. The first kappa shape index (κ1) is 25.9. The van der Waals surface area contributed by atoms with Gasteiger partial charge >= 0.3 is 11.9 Å². The van der Waals surface area contributed by atoms with Gasteiger partial charge in [0, 0.05) is 12.2 Å². The fraction of sp³-hybridized carbons (Fsp3) is 0.615. The number of esters is 2. The fourth-order valence-corrected chi connectivity index (χ4v) is 3.23.